The van der Waals surface area contributed by atoms with Crippen LogP contribution in [0.15, 0.2) is 78.9 Å². The molecular weight excluding hydrogens is 373 g/mol. The Morgan fingerprint density at radius 1 is 0.690 bits per heavy atom. The van der Waals surface area contributed by atoms with Gasteiger partial charge in [0.25, 0.3) is 0 Å². The maximum absolute atomic E-state index is 13.9. The Kier molecular flexibility index (Phi) is 4.79. The highest BCUT2D eigenvalue weighted by atomic mass is 19.4. The van der Waals surface area contributed by atoms with Gasteiger partial charge in [0.15, 0.2) is 0 Å². The van der Waals surface area contributed by atoms with Crippen LogP contribution < -0.4 is 4.74 Å². The fraction of sp³-hybridized carbons (Fsp3) is 0.120. The molecule has 146 valence electrons. The molecule has 0 saturated carbocycles. The number of halogens is 3. The summed E-state index contributed by atoms with van der Waals surface area (Å²) in [7, 11) is 1.60. The molecule has 0 atom stereocenters. The summed E-state index contributed by atoms with van der Waals surface area (Å²) in [6.45, 7) is 1.85. The van der Waals surface area contributed by atoms with Crippen LogP contribution in [0, 0.1) is 6.92 Å². The minimum absolute atomic E-state index is 0.199. The zero-order valence-corrected chi connectivity index (χ0v) is 16.0. The Morgan fingerprint density at radius 2 is 1.38 bits per heavy atom. The minimum atomic E-state index is -4.45. The van der Waals surface area contributed by atoms with Crippen LogP contribution in [0.2, 0.25) is 0 Å². The number of fused-ring (bicyclic) bond motifs is 1. The standard InChI is InChI=1S/C25H19F3O/c1-16-12-23(17-6-4-3-5-7-17)24(25(26,27)28)15-22(16)20-9-8-19-14-21(29-2)11-10-18(19)13-20/h3-15H,1-2H3. The molecular formula is C25H19F3O. The summed E-state index contributed by atoms with van der Waals surface area (Å²) in [5.41, 5.74) is 2.26. The summed E-state index contributed by atoms with van der Waals surface area (Å²) in [6, 6.07) is 22.9. The molecule has 4 aromatic rings. The number of methoxy groups -OCH3 is 1. The monoisotopic (exact) mass is 392 g/mol. The normalized spacial score (nSPS) is 11.6. The summed E-state index contributed by atoms with van der Waals surface area (Å²) in [5.74, 6) is 0.744. The largest absolute Gasteiger partial charge is 0.497 e. The summed E-state index contributed by atoms with van der Waals surface area (Å²) < 4.78 is 46.9. The average molecular weight is 392 g/mol. The van der Waals surface area contributed by atoms with Gasteiger partial charge in [-0.1, -0.05) is 54.6 Å². The van der Waals surface area contributed by atoms with E-state index < -0.39 is 11.7 Å². The highest BCUT2D eigenvalue weighted by molar-refractivity contribution is 5.89. The van der Waals surface area contributed by atoms with E-state index in [9.17, 15) is 13.2 Å². The summed E-state index contributed by atoms with van der Waals surface area (Å²) in [5, 5.41) is 1.92. The van der Waals surface area contributed by atoms with Gasteiger partial charge in [-0.05, 0) is 69.8 Å². The number of hydrogen-bond acceptors (Lipinski definition) is 1. The van der Waals surface area contributed by atoms with Crippen molar-refractivity contribution in [2.24, 2.45) is 0 Å². The van der Waals surface area contributed by atoms with Crippen LogP contribution in [0.5, 0.6) is 5.75 Å². The molecule has 0 spiro atoms. The highest BCUT2D eigenvalue weighted by Crippen LogP contribution is 2.41. The van der Waals surface area contributed by atoms with Crippen molar-refractivity contribution in [2.75, 3.05) is 7.11 Å². The lowest BCUT2D eigenvalue weighted by atomic mass is 9.90. The quantitative estimate of drug-likeness (QED) is 0.350. The number of hydrogen-bond donors (Lipinski definition) is 0. The van der Waals surface area contributed by atoms with Crippen LogP contribution in [-0.2, 0) is 6.18 Å². The first kappa shape index (κ1) is 19.1. The van der Waals surface area contributed by atoms with Gasteiger partial charge in [-0.15, -0.1) is 0 Å². The maximum atomic E-state index is 13.9. The highest BCUT2D eigenvalue weighted by Gasteiger charge is 2.34. The van der Waals surface area contributed by atoms with Crippen molar-refractivity contribution < 1.29 is 17.9 Å². The number of rotatable bonds is 3. The molecule has 0 heterocycles. The first-order valence-corrected chi connectivity index (χ1v) is 9.22. The predicted octanol–water partition coefficient (Wildman–Crippen LogP) is 7.51. The first-order chi connectivity index (χ1) is 13.9. The van der Waals surface area contributed by atoms with Crippen LogP contribution in [0.25, 0.3) is 33.0 Å². The van der Waals surface area contributed by atoms with E-state index in [0.29, 0.717) is 11.1 Å². The van der Waals surface area contributed by atoms with Gasteiger partial charge >= 0.3 is 6.18 Å². The molecule has 0 amide bonds. The van der Waals surface area contributed by atoms with E-state index in [4.69, 9.17) is 4.74 Å². The molecule has 29 heavy (non-hydrogen) atoms. The zero-order chi connectivity index (χ0) is 20.6. The van der Waals surface area contributed by atoms with Crippen molar-refractivity contribution in [3.63, 3.8) is 0 Å². The number of alkyl halides is 3. The number of benzene rings is 4. The minimum Gasteiger partial charge on any atom is -0.497 e. The lowest BCUT2D eigenvalue weighted by Gasteiger charge is -2.18. The van der Waals surface area contributed by atoms with Crippen molar-refractivity contribution in [3.05, 3.63) is 90.0 Å². The molecule has 0 fully saturated rings. The van der Waals surface area contributed by atoms with Gasteiger partial charge in [-0.25, -0.2) is 0 Å². The smallest absolute Gasteiger partial charge is 0.417 e. The topological polar surface area (TPSA) is 9.23 Å². The third kappa shape index (κ3) is 3.70. The van der Waals surface area contributed by atoms with Crippen LogP contribution in [0.4, 0.5) is 13.2 Å². The van der Waals surface area contributed by atoms with E-state index >= 15 is 0 Å². The predicted molar refractivity (Wildman–Crippen MR) is 111 cm³/mol. The van der Waals surface area contributed by atoms with Gasteiger partial charge in [0.2, 0.25) is 0 Å². The van der Waals surface area contributed by atoms with Crippen LogP contribution >= 0.6 is 0 Å². The third-order valence-electron chi connectivity index (χ3n) is 5.11. The van der Waals surface area contributed by atoms with E-state index in [1.165, 1.54) is 6.07 Å². The Hall–Kier alpha value is -3.27. The first-order valence-electron chi connectivity index (χ1n) is 9.22. The van der Waals surface area contributed by atoms with Gasteiger partial charge in [0.05, 0.1) is 12.7 Å². The van der Waals surface area contributed by atoms with E-state index in [2.05, 4.69) is 0 Å². The van der Waals surface area contributed by atoms with Gasteiger partial charge in [0.1, 0.15) is 5.75 Å². The number of aryl methyl sites for hydroxylation is 1. The fourth-order valence-electron chi connectivity index (χ4n) is 3.63. The molecule has 0 aliphatic rings. The van der Waals surface area contributed by atoms with Crippen LogP contribution in [0.1, 0.15) is 11.1 Å². The fourth-order valence-corrected chi connectivity index (χ4v) is 3.63. The van der Waals surface area contributed by atoms with E-state index in [0.717, 1.165) is 27.6 Å². The van der Waals surface area contributed by atoms with Crippen molar-refractivity contribution in [2.45, 2.75) is 13.1 Å². The van der Waals surface area contributed by atoms with Crippen molar-refractivity contribution >= 4 is 10.8 Å². The second kappa shape index (κ2) is 7.28. The van der Waals surface area contributed by atoms with E-state index in [-0.39, 0.29) is 5.56 Å². The molecule has 0 N–H and O–H groups in total. The summed E-state index contributed by atoms with van der Waals surface area (Å²) in [6.07, 6.45) is -4.45. The molecule has 0 aliphatic heterocycles. The van der Waals surface area contributed by atoms with Gasteiger partial charge in [0, 0.05) is 0 Å². The molecule has 0 aromatic heterocycles. The van der Waals surface area contributed by atoms with Crippen molar-refractivity contribution in [1.82, 2.24) is 0 Å². The molecule has 4 rings (SSSR count). The van der Waals surface area contributed by atoms with Gasteiger partial charge < -0.3 is 4.74 Å². The molecule has 4 aromatic carbocycles. The van der Waals surface area contributed by atoms with Crippen LogP contribution in [-0.4, -0.2) is 7.11 Å². The Bertz CT molecular complexity index is 1180. The maximum Gasteiger partial charge on any atom is 0.417 e. The van der Waals surface area contributed by atoms with E-state index in [1.54, 1.807) is 43.5 Å². The Labute approximate surface area is 167 Å². The van der Waals surface area contributed by atoms with E-state index in [1.807, 2.05) is 43.3 Å². The molecule has 0 saturated heterocycles. The molecule has 0 radical (unpaired) electrons. The summed E-state index contributed by atoms with van der Waals surface area (Å²) in [4.78, 5) is 0. The molecule has 1 nitrogen and oxygen atoms in total. The molecule has 4 heteroatoms. The Balaban J connectivity index is 1.89. The lowest BCUT2D eigenvalue weighted by molar-refractivity contribution is -0.137. The Morgan fingerprint density at radius 3 is 2.07 bits per heavy atom. The lowest BCUT2D eigenvalue weighted by Crippen LogP contribution is -2.08. The molecule has 0 aliphatic carbocycles. The van der Waals surface area contributed by atoms with Crippen molar-refractivity contribution in [1.29, 1.82) is 0 Å². The average Bonchev–Trinajstić information content (AvgIpc) is 2.72. The van der Waals surface area contributed by atoms with Gasteiger partial charge in [-0.3, -0.25) is 0 Å². The summed E-state index contributed by atoms with van der Waals surface area (Å²) >= 11 is 0. The third-order valence-corrected chi connectivity index (χ3v) is 5.11. The second-order valence-electron chi connectivity index (χ2n) is 7.00. The molecule has 0 unspecified atom stereocenters. The molecule has 0 bridgehead atoms. The second-order valence-corrected chi connectivity index (χ2v) is 7.00. The number of ether oxygens (including phenoxy) is 1. The van der Waals surface area contributed by atoms with Crippen molar-refractivity contribution in [3.8, 4) is 28.0 Å². The van der Waals surface area contributed by atoms with Crippen LogP contribution in [0.3, 0.4) is 0 Å². The van der Waals surface area contributed by atoms with Gasteiger partial charge in [-0.2, -0.15) is 13.2 Å². The SMILES string of the molecule is COc1ccc2cc(-c3cc(C(F)(F)F)c(-c4ccccc4)cc3C)ccc2c1. The zero-order valence-electron chi connectivity index (χ0n) is 16.0.